The van der Waals surface area contributed by atoms with E-state index in [1.807, 2.05) is 0 Å². The average molecular weight is 263 g/mol. The van der Waals surface area contributed by atoms with E-state index in [2.05, 4.69) is 15.8 Å². The van der Waals surface area contributed by atoms with E-state index in [1.54, 1.807) is 6.07 Å². The van der Waals surface area contributed by atoms with E-state index >= 15 is 0 Å². The second-order valence-corrected chi connectivity index (χ2v) is 5.66. The molecule has 3 atom stereocenters. The molecule has 2 aliphatic rings. The van der Waals surface area contributed by atoms with Crippen molar-refractivity contribution in [3.8, 4) is 0 Å². The number of amides is 1. The van der Waals surface area contributed by atoms with Crippen LogP contribution in [0.15, 0.2) is 16.9 Å². The fourth-order valence-electron chi connectivity index (χ4n) is 3.33. The molecule has 1 saturated carbocycles. The quantitative estimate of drug-likeness (QED) is 0.869. The summed E-state index contributed by atoms with van der Waals surface area (Å²) in [6.45, 7) is 0.446. The number of rotatable bonds is 3. The third-order valence-corrected chi connectivity index (χ3v) is 4.40. The molecule has 3 unspecified atom stereocenters. The Morgan fingerprint density at radius 1 is 1.37 bits per heavy atom. The van der Waals surface area contributed by atoms with E-state index in [9.17, 15) is 4.79 Å². The van der Waals surface area contributed by atoms with Gasteiger partial charge in [-0.1, -0.05) is 18.0 Å². The lowest BCUT2D eigenvalue weighted by Gasteiger charge is -2.39. The second kappa shape index (κ2) is 5.74. The lowest BCUT2D eigenvalue weighted by Crippen LogP contribution is -2.54. The lowest BCUT2D eigenvalue weighted by molar-refractivity contribution is -0.124. The highest BCUT2D eigenvalue weighted by atomic mass is 16.5. The largest absolute Gasteiger partial charge is 0.364 e. The number of hydrogen-bond donors (Lipinski definition) is 2. The van der Waals surface area contributed by atoms with Crippen LogP contribution in [0.1, 0.15) is 44.2 Å². The summed E-state index contributed by atoms with van der Waals surface area (Å²) < 4.78 is 4.75. The third-order valence-electron chi connectivity index (χ3n) is 4.40. The molecule has 0 bridgehead atoms. The number of carbonyl (C=O) groups excluding carboxylic acids is 1. The van der Waals surface area contributed by atoms with Crippen molar-refractivity contribution in [3.63, 3.8) is 0 Å². The molecule has 0 radical (unpaired) electrons. The number of fused-ring (bicyclic) bond motifs is 1. The summed E-state index contributed by atoms with van der Waals surface area (Å²) in [6, 6.07) is 2.28. The summed E-state index contributed by atoms with van der Waals surface area (Å²) in [5.74, 6) is 0.875. The van der Waals surface area contributed by atoms with Gasteiger partial charge in [0.15, 0.2) is 0 Å². The minimum absolute atomic E-state index is 0.0359. The van der Waals surface area contributed by atoms with Gasteiger partial charge in [0.25, 0.3) is 0 Å². The van der Waals surface area contributed by atoms with Crippen molar-refractivity contribution in [1.82, 2.24) is 15.8 Å². The van der Waals surface area contributed by atoms with Gasteiger partial charge in [-0.05, 0) is 31.6 Å². The molecule has 2 N–H and O–H groups in total. The fourth-order valence-corrected chi connectivity index (χ4v) is 3.33. The summed E-state index contributed by atoms with van der Waals surface area (Å²) in [5.41, 5.74) is 0.764. The third kappa shape index (κ3) is 2.97. The van der Waals surface area contributed by atoms with Gasteiger partial charge in [-0.3, -0.25) is 4.79 Å². The van der Waals surface area contributed by atoms with Crippen LogP contribution in [0.5, 0.6) is 0 Å². The van der Waals surface area contributed by atoms with Crippen LogP contribution in [0.25, 0.3) is 0 Å². The summed E-state index contributed by atoms with van der Waals surface area (Å²) >= 11 is 0. The molecule has 1 aromatic heterocycles. The van der Waals surface area contributed by atoms with Gasteiger partial charge in [0.2, 0.25) is 5.91 Å². The molecule has 104 valence electrons. The van der Waals surface area contributed by atoms with E-state index in [0.717, 1.165) is 18.0 Å². The molecule has 5 nitrogen and oxygen atoms in total. The molecular formula is C14H21N3O2. The highest BCUT2D eigenvalue weighted by Crippen LogP contribution is 2.32. The highest BCUT2D eigenvalue weighted by Gasteiger charge is 2.34. The summed E-state index contributed by atoms with van der Waals surface area (Å²) in [6.07, 6.45) is 8.84. The van der Waals surface area contributed by atoms with Gasteiger partial charge >= 0.3 is 0 Å². The average Bonchev–Trinajstić information content (AvgIpc) is 2.97. The first-order valence-corrected chi connectivity index (χ1v) is 7.26. The predicted molar refractivity (Wildman–Crippen MR) is 70.3 cm³/mol. The van der Waals surface area contributed by atoms with Crippen LogP contribution in [0.3, 0.4) is 0 Å². The monoisotopic (exact) mass is 263 g/mol. The predicted octanol–water partition coefficient (Wildman–Crippen LogP) is 1.60. The summed E-state index contributed by atoms with van der Waals surface area (Å²) in [5, 5.41) is 10.2. The van der Waals surface area contributed by atoms with Crippen molar-refractivity contribution in [2.24, 2.45) is 5.92 Å². The molecule has 1 aromatic rings. The first kappa shape index (κ1) is 12.7. The number of piperidine rings is 1. The first-order valence-electron chi connectivity index (χ1n) is 7.26. The van der Waals surface area contributed by atoms with Gasteiger partial charge in [0.1, 0.15) is 12.0 Å². The molecule has 1 aliphatic carbocycles. The highest BCUT2D eigenvalue weighted by molar-refractivity contribution is 5.81. The molecule has 3 rings (SSSR count). The van der Waals surface area contributed by atoms with E-state index in [-0.39, 0.29) is 11.9 Å². The molecule has 1 aliphatic heterocycles. The maximum absolute atomic E-state index is 12.1. The van der Waals surface area contributed by atoms with Crippen LogP contribution >= 0.6 is 0 Å². The van der Waals surface area contributed by atoms with Crippen molar-refractivity contribution in [1.29, 1.82) is 0 Å². The molecule has 1 saturated heterocycles. The van der Waals surface area contributed by atoms with E-state index in [4.69, 9.17) is 4.52 Å². The maximum Gasteiger partial charge on any atom is 0.237 e. The Bertz CT molecular complexity index is 418. The fraction of sp³-hybridized carbons (Fsp3) is 0.714. The topological polar surface area (TPSA) is 67.2 Å². The Morgan fingerprint density at radius 3 is 3.11 bits per heavy atom. The van der Waals surface area contributed by atoms with Crippen LogP contribution in [-0.2, 0) is 11.3 Å². The van der Waals surface area contributed by atoms with Gasteiger partial charge < -0.3 is 15.2 Å². The van der Waals surface area contributed by atoms with E-state index in [0.29, 0.717) is 12.6 Å². The number of carbonyl (C=O) groups is 1. The molecule has 2 fully saturated rings. The van der Waals surface area contributed by atoms with Crippen LogP contribution in [0.2, 0.25) is 0 Å². The smallest absolute Gasteiger partial charge is 0.237 e. The normalized spacial score (nSPS) is 30.6. The Labute approximate surface area is 113 Å². The Kier molecular flexibility index (Phi) is 3.82. The van der Waals surface area contributed by atoms with Gasteiger partial charge in [-0.15, -0.1) is 0 Å². The summed E-state index contributed by atoms with van der Waals surface area (Å²) in [7, 11) is 0. The van der Waals surface area contributed by atoms with Crippen LogP contribution < -0.4 is 10.6 Å². The Balaban J connectivity index is 1.50. The molecule has 19 heavy (non-hydrogen) atoms. The van der Waals surface area contributed by atoms with Crippen molar-refractivity contribution < 1.29 is 9.32 Å². The van der Waals surface area contributed by atoms with Crippen molar-refractivity contribution in [3.05, 3.63) is 18.0 Å². The zero-order valence-electron chi connectivity index (χ0n) is 11.1. The number of aromatic nitrogens is 1. The zero-order chi connectivity index (χ0) is 13.1. The minimum Gasteiger partial charge on any atom is -0.364 e. The molecule has 0 aromatic carbocycles. The van der Waals surface area contributed by atoms with Crippen LogP contribution in [0, 0.1) is 5.92 Å². The molecular weight excluding hydrogens is 242 g/mol. The van der Waals surface area contributed by atoms with Crippen LogP contribution in [0.4, 0.5) is 0 Å². The Hall–Kier alpha value is -1.36. The number of nitrogens with one attached hydrogen (secondary N) is 2. The van der Waals surface area contributed by atoms with Crippen LogP contribution in [-0.4, -0.2) is 23.1 Å². The number of nitrogens with zero attached hydrogens (tertiary/aromatic N) is 1. The van der Waals surface area contributed by atoms with Gasteiger partial charge in [-0.2, -0.15) is 0 Å². The summed E-state index contributed by atoms with van der Waals surface area (Å²) in [4.78, 5) is 12.1. The SMILES string of the molecule is O=C(NCc1ccon1)C1CCC2CCCCC2N1. The van der Waals surface area contributed by atoms with Crippen molar-refractivity contribution in [2.45, 2.75) is 57.2 Å². The maximum atomic E-state index is 12.1. The molecule has 0 spiro atoms. The van der Waals surface area contributed by atoms with Gasteiger partial charge in [-0.25, -0.2) is 0 Å². The standard InChI is InChI=1S/C14H21N3O2/c18-14(15-9-11-7-8-19-17-11)13-6-5-10-3-1-2-4-12(10)16-13/h7-8,10,12-13,16H,1-6,9H2,(H,15,18). The van der Waals surface area contributed by atoms with Gasteiger partial charge in [0.05, 0.1) is 12.6 Å². The number of hydrogen-bond acceptors (Lipinski definition) is 4. The minimum atomic E-state index is -0.0359. The Morgan fingerprint density at radius 2 is 2.26 bits per heavy atom. The van der Waals surface area contributed by atoms with E-state index in [1.165, 1.54) is 38.4 Å². The zero-order valence-corrected chi connectivity index (χ0v) is 11.1. The van der Waals surface area contributed by atoms with Crippen molar-refractivity contribution in [2.75, 3.05) is 0 Å². The first-order chi connectivity index (χ1) is 9.33. The molecule has 1 amide bonds. The lowest BCUT2D eigenvalue weighted by atomic mass is 9.77. The second-order valence-electron chi connectivity index (χ2n) is 5.66. The van der Waals surface area contributed by atoms with Crippen molar-refractivity contribution >= 4 is 5.91 Å². The van der Waals surface area contributed by atoms with E-state index < -0.39 is 0 Å². The van der Waals surface area contributed by atoms with Gasteiger partial charge in [0, 0.05) is 12.1 Å². The molecule has 2 heterocycles. The molecule has 5 heteroatoms.